The summed E-state index contributed by atoms with van der Waals surface area (Å²) in [5.74, 6) is -1.16. The van der Waals surface area contributed by atoms with E-state index in [4.69, 9.17) is 15.2 Å². The van der Waals surface area contributed by atoms with Gasteiger partial charge in [-0.3, -0.25) is 9.59 Å². The number of nitrogens with zero attached hydrogens (tertiary/aromatic N) is 3. The maximum absolute atomic E-state index is 13.7. The third-order valence-corrected chi connectivity index (χ3v) is 8.74. The smallest absolute Gasteiger partial charge is 0.411 e. The average molecular weight is 613 g/mol. The number of sulfonamides is 1. The zero-order valence-corrected chi connectivity index (χ0v) is 24.2. The molecule has 2 amide bonds. The molecule has 2 aromatic rings. The van der Waals surface area contributed by atoms with E-state index in [9.17, 15) is 31.2 Å². The molecule has 0 aliphatic carbocycles. The van der Waals surface area contributed by atoms with Crippen molar-refractivity contribution in [2.45, 2.75) is 44.2 Å². The van der Waals surface area contributed by atoms with Gasteiger partial charge in [0.05, 0.1) is 6.26 Å². The Morgan fingerprint density at radius 1 is 1.02 bits per heavy atom. The van der Waals surface area contributed by atoms with Gasteiger partial charge in [0.1, 0.15) is 24.5 Å². The molecule has 14 heteroatoms. The summed E-state index contributed by atoms with van der Waals surface area (Å²) in [6, 6.07) is 12.4. The molecule has 2 aromatic carbocycles. The normalized spacial score (nSPS) is 19.9. The van der Waals surface area contributed by atoms with Crippen LogP contribution in [0.5, 0.6) is 5.75 Å². The van der Waals surface area contributed by atoms with Crippen molar-refractivity contribution in [1.29, 1.82) is 0 Å². The first-order valence-corrected chi connectivity index (χ1v) is 15.4. The van der Waals surface area contributed by atoms with Crippen molar-refractivity contribution in [3.63, 3.8) is 0 Å². The fraction of sp³-hybridized carbons (Fsp3) is 0.500. The molecule has 4 rings (SSSR count). The maximum atomic E-state index is 13.7. The lowest BCUT2D eigenvalue weighted by atomic mass is 10.0. The molecule has 0 aromatic heterocycles. The maximum Gasteiger partial charge on any atom is 0.411 e. The molecular weight excluding hydrogens is 577 g/mol. The van der Waals surface area contributed by atoms with Crippen LogP contribution in [-0.4, -0.2) is 93.3 Å². The second kappa shape index (κ2) is 12.9. The minimum atomic E-state index is -4.69. The molecule has 0 bridgehead atoms. The first kappa shape index (κ1) is 31.6. The van der Waals surface area contributed by atoms with Gasteiger partial charge in [-0.05, 0) is 49.1 Å². The second-order valence-electron chi connectivity index (χ2n) is 10.5. The Balaban J connectivity index is 1.49. The van der Waals surface area contributed by atoms with Crippen molar-refractivity contribution in [1.82, 2.24) is 9.21 Å². The molecule has 2 aliphatic heterocycles. The van der Waals surface area contributed by atoms with E-state index in [2.05, 4.69) is 0 Å². The number of carbonyl (C=O) groups excluding carboxylic acids is 2. The molecule has 2 atom stereocenters. The second-order valence-corrected chi connectivity index (χ2v) is 12.5. The van der Waals surface area contributed by atoms with Crippen LogP contribution in [0, 0.1) is 6.92 Å². The number of ether oxygens (including phenoxy) is 2. The molecule has 10 nitrogen and oxygen atoms in total. The van der Waals surface area contributed by atoms with E-state index in [-0.39, 0.29) is 24.8 Å². The predicted molar refractivity (Wildman–Crippen MR) is 149 cm³/mol. The number of hydrogen-bond acceptors (Lipinski definition) is 7. The van der Waals surface area contributed by atoms with Crippen LogP contribution in [0.25, 0.3) is 0 Å². The van der Waals surface area contributed by atoms with Gasteiger partial charge in [-0.25, -0.2) is 12.7 Å². The van der Waals surface area contributed by atoms with Gasteiger partial charge < -0.3 is 25.0 Å². The van der Waals surface area contributed by atoms with E-state index in [1.807, 2.05) is 36.1 Å². The molecule has 2 aliphatic rings. The van der Waals surface area contributed by atoms with E-state index >= 15 is 0 Å². The lowest BCUT2D eigenvalue weighted by Crippen LogP contribution is -2.61. The molecule has 42 heavy (non-hydrogen) atoms. The van der Waals surface area contributed by atoms with Gasteiger partial charge in [-0.2, -0.15) is 13.2 Å². The number of nitrogens with two attached hydrogens (primary N) is 1. The Bertz CT molecular complexity index is 1360. The third-order valence-electron chi connectivity index (χ3n) is 7.44. The monoisotopic (exact) mass is 612 g/mol. The van der Waals surface area contributed by atoms with Crippen molar-refractivity contribution < 1.29 is 40.7 Å². The first-order chi connectivity index (χ1) is 19.7. The highest BCUT2D eigenvalue weighted by Crippen LogP contribution is 2.30. The number of halogens is 3. The lowest BCUT2D eigenvalue weighted by molar-refractivity contribution is -0.192. The van der Waals surface area contributed by atoms with Crippen LogP contribution in [0.15, 0.2) is 48.5 Å². The molecule has 2 heterocycles. The van der Waals surface area contributed by atoms with Crippen LogP contribution in [0.2, 0.25) is 0 Å². The summed E-state index contributed by atoms with van der Waals surface area (Å²) in [6.07, 6.45) is -4.45. The summed E-state index contributed by atoms with van der Waals surface area (Å²) in [5.41, 5.74) is 7.67. The highest BCUT2D eigenvalue weighted by Gasteiger charge is 2.40. The number of carbonyl (C=O) groups is 2. The molecule has 2 fully saturated rings. The molecule has 2 unspecified atom stereocenters. The highest BCUT2D eigenvalue weighted by atomic mass is 32.2. The molecule has 230 valence electrons. The van der Waals surface area contributed by atoms with E-state index in [0.29, 0.717) is 38.2 Å². The largest absolute Gasteiger partial charge is 0.490 e. The molecule has 0 saturated carbocycles. The average Bonchev–Trinajstić information content (AvgIpc) is 2.93. The summed E-state index contributed by atoms with van der Waals surface area (Å²) in [7, 11) is -3.28. The number of piperazine rings is 1. The van der Waals surface area contributed by atoms with Crippen molar-refractivity contribution in [2.24, 2.45) is 5.73 Å². The van der Waals surface area contributed by atoms with Crippen LogP contribution in [0.3, 0.4) is 0 Å². The van der Waals surface area contributed by atoms with Gasteiger partial charge in [-0.1, -0.05) is 30.3 Å². The molecular formula is C28H35F3N4O6S. The number of rotatable bonds is 9. The number of para-hydroxylation sites is 1. The molecule has 2 N–H and O–H groups in total. The third kappa shape index (κ3) is 7.92. The number of aryl methyl sites for hydroxylation is 1. The van der Waals surface area contributed by atoms with Crippen molar-refractivity contribution in [3.8, 4) is 5.75 Å². The Labute approximate surface area is 243 Å². The number of piperidine rings is 1. The van der Waals surface area contributed by atoms with Crippen molar-refractivity contribution >= 4 is 27.5 Å². The van der Waals surface area contributed by atoms with Gasteiger partial charge in [-0.15, -0.1) is 0 Å². The van der Waals surface area contributed by atoms with E-state index in [0.717, 1.165) is 17.5 Å². The van der Waals surface area contributed by atoms with Crippen LogP contribution in [0.1, 0.15) is 30.1 Å². The standard InChI is InChI=1S/C28H35F3N4O6S/c1-19-5-3-4-6-23(19)33-15-16-35(24(17-33)26(32)36)27(37)25(40-18-28(29,30)31)20-7-9-21(10-8-20)41-22-11-13-34(14-12-22)42(2,38)39/h3-10,22,24-25H,11-18H2,1-2H3,(H2,32,36). The van der Waals surface area contributed by atoms with E-state index in [1.54, 1.807) is 0 Å². The fourth-order valence-electron chi connectivity index (χ4n) is 5.26. The van der Waals surface area contributed by atoms with Crippen LogP contribution in [0.4, 0.5) is 18.9 Å². The number of anilines is 1. The predicted octanol–water partition coefficient (Wildman–Crippen LogP) is 2.62. The van der Waals surface area contributed by atoms with Crippen LogP contribution < -0.4 is 15.4 Å². The summed E-state index contributed by atoms with van der Waals surface area (Å²) >= 11 is 0. The number of benzene rings is 2. The first-order valence-electron chi connectivity index (χ1n) is 13.5. The van der Waals surface area contributed by atoms with Gasteiger partial charge in [0.15, 0.2) is 6.10 Å². The lowest BCUT2D eigenvalue weighted by Gasteiger charge is -2.42. The highest BCUT2D eigenvalue weighted by molar-refractivity contribution is 7.88. The van der Waals surface area contributed by atoms with Gasteiger partial charge in [0, 0.05) is 38.4 Å². The van der Waals surface area contributed by atoms with Crippen molar-refractivity contribution in [3.05, 3.63) is 59.7 Å². The topological polar surface area (TPSA) is 122 Å². The van der Waals surface area contributed by atoms with E-state index in [1.165, 1.54) is 33.5 Å². The fourth-order valence-corrected chi connectivity index (χ4v) is 6.14. The zero-order valence-electron chi connectivity index (χ0n) is 23.4. The Hall–Kier alpha value is -3.36. The minimum absolute atomic E-state index is 0.0556. The minimum Gasteiger partial charge on any atom is -0.490 e. The van der Waals surface area contributed by atoms with Crippen LogP contribution >= 0.6 is 0 Å². The Morgan fingerprint density at radius 2 is 1.67 bits per heavy atom. The quantitative estimate of drug-likeness (QED) is 0.462. The molecule has 0 radical (unpaired) electrons. The van der Waals surface area contributed by atoms with Gasteiger partial charge in [0.2, 0.25) is 15.9 Å². The summed E-state index contributed by atoms with van der Waals surface area (Å²) in [6.45, 7) is 1.38. The van der Waals surface area contributed by atoms with Gasteiger partial charge in [0.25, 0.3) is 5.91 Å². The number of alkyl halides is 3. The SMILES string of the molecule is Cc1ccccc1N1CCN(C(=O)C(OCC(F)(F)F)c2ccc(OC3CCN(S(C)(=O)=O)CC3)cc2)C(C(N)=O)C1. The zero-order chi connectivity index (χ0) is 30.7. The van der Waals surface area contributed by atoms with Gasteiger partial charge >= 0.3 is 6.18 Å². The Morgan fingerprint density at radius 3 is 2.24 bits per heavy atom. The summed E-state index contributed by atoms with van der Waals surface area (Å²) in [5, 5.41) is 0. The number of primary amides is 1. The summed E-state index contributed by atoms with van der Waals surface area (Å²) in [4.78, 5) is 29.2. The molecule has 0 spiro atoms. The number of hydrogen-bond donors (Lipinski definition) is 1. The molecule has 2 saturated heterocycles. The van der Waals surface area contributed by atoms with E-state index < -0.39 is 46.8 Å². The van der Waals surface area contributed by atoms with Crippen LogP contribution in [-0.2, 0) is 24.3 Å². The number of amides is 2. The summed E-state index contributed by atoms with van der Waals surface area (Å²) < 4.78 is 75.4. The van der Waals surface area contributed by atoms with Crippen molar-refractivity contribution in [2.75, 3.05) is 50.5 Å². The Kier molecular flexibility index (Phi) is 9.68.